The van der Waals surface area contributed by atoms with Gasteiger partial charge >= 0.3 is 5.97 Å². The van der Waals surface area contributed by atoms with Crippen LogP contribution in [0.25, 0.3) is 0 Å². The molecule has 1 fully saturated rings. The van der Waals surface area contributed by atoms with E-state index < -0.39 is 11.6 Å². The molecule has 0 aromatic rings. The van der Waals surface area contributed by atoms with E-state index in [1.165, 1.54) is 51.0 Å². The molecule has 1 saturated carbocycles. The second-order valence-corrected chi connectivity index (χ2v) is 6.24. The summed E-state index contributed by atoms with van der Waals surface area (Å²) in [6.07, 6.45) is 19.8. The van der Waals surface area contributed by atoms with E-state index >= 15 is 0 Å². The molecule has 2 N–H and O–H groups in total. The highest BCUT2D eigenvalue weighted by molar-refractivity contribution is 5.80. The average molecular weight is 294 g/mol. The van der Waals surface area contributed by atoms with Crippen molar-refractivity contribution < 1.29 is 15.0 Å². The molecule has 0 atom stereocenters. The number of hydrogen-bond donors (Lipinski definition) is 2. The predicted molar refractivity (Wildman–Crippen MR) is 86.3 cm³/mol. The van der Waals surface area contributed by atoms with Gasteiger partial charge < -0.3 is 10.2 Å². The molecular weight excluding hydrogens is 264 g/mol. The fraction of sp³-hybridized carbons (Fsp3) is 0.722. The van der Waals surface area contributed by atoms with E-state index in [1.54, 1.807) is 6.08 Å². The third-order valence-corrected chi connectivity index (χ3v) is 4.27. The molecule has 1 aliphatic rings. The molecule has 0 bridgehead atoms. The molecular formula is C18H30O3. The molecule has 3 heteroatoms. The molecule has 0 amide bonds. The summed E-state index contributed by atoms with van der Waals surface area (Å²) in [5, 5.41) is 19.3. The zero-order valence-electron chi connectivity index (χ0n) is 13.1. The summed E-state index contributed by atoms with van der Waals surface area (Å²) in [6.45, 7) is 0. The van der Waals surface area contributed by atoms with Crippen molar-refractivity contribution >= 4 is 5.97 Å². The number of carbonyl (C=O) groups is 1. The van der Waals surface area contributed by atoms with Gasteiger partial charge in [-0.05, 0) is 19.3 Å². The standard InChI is InChI=1S/C18H30O3/c19-17(20)13-9-8-12-16-18(21)14-10-6-4-2-1-3-5-7-11-15-18/h8-9,12-13,21H,1-7,10-11,14-16H2,(H,19,20)/b12-8+,13-9+. The van der Waals surface area contributed by atoms with Crippen molar-refractivity contribution in [1.82, 2.24) is 0 Å². The van der Waals surface area contributed by atoms with Crippen molar-refractivity contribution in [1.29, 1.82) is 0 Å². The van der Waals surface area contributed by atoms with Gasteiger partial charge in [0.2, 0.25) is 0 Å². The van der Waals surface area contributed by atoms with E-state index in [0.29, 0.717) is 6.42 Å². The normalized spacial score (nSPS) is 22.0. The molecule has 21 heavy (non-hydrogen) atoms. The minimum Gasteiger partial charge on any atom is -0.478 e. The first-order valence-corrected chi connectivity index (χ1v) is 8.41. The van der Waals surface area contributed by atoms with E-state index in [4.69, 9.17) is 5.11 Å². The summed E-state index contributed by atoms with van der Waals surface area (Å²) in [6, 6.07) is 0. The lowest BCUT2D eigenvalue weighted by Gasteiger charge is -2.27. The Hall–Kier alpha value is -1.09. The van der Waals surface area contributed by atoms with Gasteiger partial charge in [-0.25, -0.2) is 4.79 Å². The van der Waals surface area contributed by atoms with Gasteiger partial charge in [-0.15, -0.1) is 0 Å². The van der Waals surface area contributed by atoms with E-state index in [2.05, 4.69) is 0 Å². The van der Waals surface area contributed by atoms with Crippen LogP contribution in [0.4, 0.5) is 0 Å². The first-order chi connectivity index (χ1) is 10.1. The molecule has 0 aromatic heterocycles. The summed E-state index contributed by atoms with van der Waals surface area (Å²) in [5.41, 5.74) is -0.604. The van der Waals surface area contributed by atoms with Gasteiger partial charge in [-0.3, -0.25) is 0 Å². The zero-order valence-corrected chi connectivity index (χ0v) is 13.1. The Morgan fingerprint density at radius 2 is 1.33 bits per heavy atom. The maximum Gasteiger partial charge on any atom is 0.328 e. The topological polar surface area (TPSA) is 57.5 Å². The summed E-state index contributed by atoms with van der Waals surface area (Å²) in [7, 11) is 0. The molecule has 3 nitrogen and oxygen atoms in total. The van der Waals surface area contributed by atoms with E-state index in [0.717, 1.165) is 31.8 Å². The average Bonchev–Trinajstić information content (AvgIpc) is 2.42. The number of allylic oxidation sites excluding steroid dienone is 2. The van der Waals surface area contributed by atoms with Crippen LogP contribution < -0.4 is 0 Å². The molecule has 0 aromatic carbocycles. The Kier molecular flexibility index (Phi) is 9.07. The molecule has 0 heterocycles. The van der Waals surface area contributed by atoms with Gasteiger partial charge in [0.05, 0.1) is 5.60 Å². The zero-order chi connectivity index (χ0) is 15.4. The Morgan fingerprint density at radius 1 is 0.857 bits per heavy atom. The van der Waals surface area contributed by atoms with Crippen molar-refractivity contribution in [3.05, 3.63) is 24.3 Å². The lowest BCUT2D eigenvalue weighted by molar-refractivity contribution is -0.131. The third kappa shape index (κ3) is 9.46. The van der Waals surface area contributed by atoms with Crippen LogP contribution in [0.15, 0.2) is 24.3 Å². The van der Waals surface area contributed by atoms with Crippen LogP contribution in [0.3, 0.4) is 0 Å². The minimum atomic E-state index is -0.940. The van der Waals surface area contributed by atoms with Gasteiger partial charge in [-0.2, -0.15) is 0 Å². The van der Waals surface area contributed by atoms with Crippen LogP contribution >= 0.6 is 0 Å². The molecule has 0 aliphatic heterocycles. The summed E-state index contributed by atoms with van der Waals surface area (Å²) in [4.78, 5) is 10.4. The quantitative estimate of drug-likeness (QED) is 0.588. The monoisotopic (exact) mass is 294 g/mol. The highest BCUT2D eigenvalue weighted by atomic mass is 16.4. The first kappa shape index (κ1) is 18.0. The highest BCUT2D eigenvalue weighted by Crippen LogP contribution is 2.28. The SMILES string of the molecule is O=C(O)/C=C/C=C/CC1(O)CCCCCCCCCCC1. The van der Waals surface area contributed by atoms with Gasteiger partial charge in [0.25, 0.3) is 0 Å². The molecule has 1 aliphatic carbocycles. The number of carboxylic acid groups (broad SMARTS) is 1. The lowest BCUT2D eigenvalue weighted by atomic mass is 9.86. The predicted octanol–water partition coefficient (Wildman–Crippen LogP) is 4.61. The second kappa shape index (κ2) is 10.6. The van der Waals surface area contributed by atoms with E-state index in [9.17, 15) is 9.90 Å². The number of carboxylic acids is 1. The highest BCUT2D eigenvalue weighted by Gasteiger charge is 2.24. The van der Waals surface area contributed by atoms with Gasteiger partial charge in [-0.1, -0.05) is 76.0 Å². The van der Waals surface area contributed by atoms with Gasteiger partial charge in [0.1, 0.15) is 0 Å². The summed E-state index contributed by atoms with van der Waals surface area (Å²) < 4.78 is 0. The number of aliphatic hydroxyl groups is 1. The second-order valence-electron chi connectivity index (χ2n) is 6.24. The van der Waals surface area contributed by atoms with Crippen molar-refractivity contribution in [3.8, 4) is 0 Å². The number of rotatable bonds is 4. The Bertz CT molecular complexity index is 332. The van der Waals surface area contributed by atoms with Gasteiger partial charge in [0, 0.05) is 6.08 Å². The van der Waals surface area contributed by atoms with Crippen molar-refractivity contribution in [2.45, 2.75) is 82.7 Å². The Balaban J connectivity index is 2.45. The van der Waals surface area contributed by atoms with Crippen molar-refractivity contribution in [3.63, 3.8) is 0 Å². The molecule has 1 rings (SSSR count). The maximum atomic E-state index is 10.8. The lowest BCUT2D eigenvalue weighted by Crippen LogP contribution is -2.28. The molecule has 0 spiro atoms. The summed E-state index contributed by atoms with van der Waals surface area (Å²) >= 11 is 0. The smallest absolute Gasteiger partial charge is 0.328 e. The fourth-order valence-electron chi connectivity index (χ4n) is 2.98. The minimum absolute atomic E-state index is 0.604. The Labute approximate surface area is 128 Å². The van der Waals surface area contributed by atoms with Crippen molar-refractivity contribution in [2.24, 2.45) is 0 Å². The largest absolute Gasteiger partial charge is 0.478 e. The van der Waals surface area contributed by atoms with Crippen LogP contribution in [0, 0.1) is 0 Å². The van der Waals surface area contributed by atoms with E-state index in [-0.39, 0.29) is 0 Å². The van der Waals surface area contributed by atoms with E-state index in [1.807, 2.05) is 6.08 Å². The van der Waals surface area contributed by atoms with Crippen LogP contribution in [-0.2, 0) is 4.79 Å². The molecule has 0 unspecified atom stereocenters. The van der Waals surface area contributed by atoms with Crippen LogP contribution in [0.1, 0.15) is 77.0 Å². The maximum absolute atomic E-state index is 10.8. The molecule has 120 valence electrons. The van der Waals surface area contributed by atoms with Gasteiger partial charge in [0.15, 0.2) is 0 Å². The summed E-state index contributed by atoms with van der Waals surface area (Å²) in [5.74, 6) is -0.940. The number of hydrogen-bond acceptors (Lipinski definition) is 2. The fourth-order valence-corrected chi connectivity index (χ4v) is 2.98. The number of aliphatic carboxylic acids is 1. The van der Waals surface area contributed by atoms with Crippen LogP contribution in [0.5, 0.6) is 0 Å². The van der Waals surface area contributed by atoms with Crippen LogP contribution in [0.2, 0.25) is 0 Å². The molecule has 0 radical (unpaired) electrons. The third-order valence-electron chi connectivity index (χ3n) is 4.27. The first-order valence-electron chi connectivity index (χ1n) is 8.41. The Morgan fingerprint density at radius 3 is 1.81 bits per heavy atom. The van der Waals surface area contributed by atoms with Crippen LogP contribution in [-0.4, -0.2) is 21.8 Å². The molecule has 0 saturated heterocycles. The van der Waals surface area contributed by atoms with Crippen molar-refractivity contribution in [2.75, 3.05) is 0 Å².